The van der Waals surface area contributed by atoms with Gasteiger partial charge in [-0.05, 0) is 31.0 Å². The minimum absolute atomic E-state index is 0. The van der Waals surface area contributed by atoms with Gasteiger partial charge < -0.3 is 24.5 Å². The number of carbonyl (C=O) groups is 1. The van der Waals surface area contributed by atoms with Crippen LogP contribution in [0.1, 0.15) is 42.5 Å². The number of rotatable bonds is 2. The molecule has 3 aliphatic heterocycles. The fourth-order valence-corrected chi connectivity index (χ4v) is 4.92. The van der Waals surface area contributed by atoms with E-state index in [4.69, 9.17) is 24.9 Å². The van der Waals surface area contributed by atoms with Crippen molar-refractivity contribution in [3.8, 4) is 22.9 Å². The van der Waals surface area contributed by atoms with Crippen molar-refractivity contribution < 1.29 is 19.0 Å². The summed E-state index contributed by atoms with van der Waals surface area (Å²) >= 11 is 0. The maximum Gasteiger partial charge on any atom is 0.316 e. The molecule has 6 rings (SSSR count). The van der Waals surface area contributed by atoms with Crippen LogP contribution in [-0.4, -0.2) is 22.3 Å². The summed E-state index contributed by atoms with van der Waals surface area (Å²) in [6.45, 7) is 4.29. The van der Waals surface area contributed by atoms with Crippen LogP contribution in [-0.2, 0) is 34.6 Å². The number of esters is 1. The van der Waals surface area contributed by atoms with E-state index < -0.39 is 5.41 Å². The summed E-state index contributed by atoms with van der Waals surface area (Å²) in [7, 11) is 0. The normalized spacial score (nSPS) is 19.2. The summed E-state index contributed by atoms with van der Waals surface area (Å²) in [6.07, 6.45) is 0.529. The Bertz CT molecular complexity index is 1390. The molecule has 0 saturated heterocycles. The standard InChI is InChI=1S/C23H20N3O5.2Rf/c1-3-23(2)15-5-17-20-13(8-26(17)21(27)14(15)9-29-22(23)28)12(7-24)11-4-18-19(31-10-30-18)6-16(11)25-20;;/h4-6,24H,3,7-10H2,1-2H3;;/q-1;;/t23-;;/m1../s1. The van der Waals surface area contributed by atoms with Gasteiger partial charge in [-0.1, -0.05) is 12.5 Å². The molecule has 10 heteroatoms. The van der Waals surface area contributed by atoms with E-state index in [9.17, 15) is 9.59 Å². The van der Waals surface area contributed by atoms with Crippen molar-refractivity contribution in [1.29, 1.82) is 0 Å². The third-order valence-corrected chi connectivity index (χ3v) is 6.93. The predicted molar refractivity (Wildman–Crippen MR) is 112 cm³/mol. The fraction of sp³-hybridized carbons (Fsp3) is 0.348. The van der Waals surface area contributed by atoms with Gasteiger partial charge in [0.05, 0.1) is 34.4 Å². The van der Waals surface area contributed by atoms with E-state index in [1.807, 2.05) is 32.0 Å². The molecule has 3 aromatic rings. The zero-order chi connectivity index (χ0) is 21.5. The zero-order valence-corrected chi connectivity index (χ0v) is 31.4. The number of pyridine rings is 2. The average molecular weight is 952 g/mol. The number of aromatic nitrogens is 2. The third kappa shape index (κ3) is 2.36. The molecule has 0 unspecified atom stereocenters. The van der Waals surface area contributed by atoms with Crippen LogP contribution in [0.2, 0.25) is 0 Å². The molecule has 0 fully saturated rings. The third-order valence-electron chi connectivity index (χ3n) is 6.93. The molecule has 0 radical (unpaired) electrons. The van der Waals surface area contributed by atoms with Crippen LogP contribution in [0, 0.1) is 0 Å². The SMILES string of the molecule is CC[C@@]1(C)C(=O)OCc2c1cc1n(c2=O)Cc2c-1nc1cc3c(cc1c2C[NH-])OCO3.[Rf].[Rf]. The van der Waals surface area contributed by atoms with Gasteiger partial charge in [-0.25, -0.2) is 4.98 Å². The van der Waals surface area contributed by atoms with E-state index in [1.165, 1.54) is 0 Å². The van der Waals surface area contributed by atoms with Crippen molar-refractivity contribution >= 4 is 16.9 Å². The second kappa shape index (κ2) is 6.55. The number of ether oxygens (including phenoxy) is 3. The first-order valence-electron chi connectivity index (χ1n) is 10.3. The predicted octanol–water partition coefficient (Wildman–Crippen LogP) is 3.43. The minimum atomic E-state index is -0.869. The van der Waals surface area contributed by atoms with Gasteiger partial charge in [0.2, 0.25) is 6.79 Å². The number of carbonyl (C=O) groups excluding carboxylic acids is 1. The van der Waals surface area contributed by atoms with Gasteiger partial charge in [0.15, 0.2) is 11.5 Å². The molecule has 1 atom stereocenters. The van der Waals surface area contributed by atoms with Crippen LogP contribution in [0.15, 0.2) is 23.0 Å². The Morgan fingerprint density at radius 2 is 1.82 bits per heavy atom. The maximum absolute atomic E-state index is 13.4. The Balaban J connectivity index is 0.00000130. The molecule has 0 aliphatic carbocycles. The second-order valence-electron chi connectivity index (χ2n) is 8.39. The van der Waals surface area contributed by atoms with Crippen LogP contribution in [0.3, 0.4) is 0 Å². The average Bonchev–Trinajstić information content (AvgIpc) is 3.38. The van der Waals surface area contributed by atoms with Crippen LogP contribution in [0.25, 0.3) is 28.0 Å². The molecular weight excluding hydrogens is 932 g/mol. The molecule has 5 heterocycles. The Labute approximate surface area is 177 Å². The van der Waals surface area contributed by atoms with Gasteiger partial charge in [-0.2, -0.15) is 0 Å². The van der Waals surface area contributed by atoms with Crippen molar-refractivity contribution in [2.24, 2.45) is 0 Å². The summed E-state index contributed by atoms with van der Waals surface area (Å²) in [5.41, 5.74) is 12.2. The van der Waals surface area contributed by atoms with Crippen LogP contribution in [0.4, 0.5) is 0 Å². The molecule has 0 bridgehead atoms. The van der Waals surface area contributed by atoms with E-state index in [2.05, 4.69) is 0 Å². The van der Waals surface area contributed by atoms with Crippen molar-refractivity contribution in [2.75, 3.05) is 6.79 Å². The van der Waals surface area contributed by atoms with Crippen molar-refractivity contribution in [1.82, 2.24) is 9.55 Å². The number of benzene rings is 1. The Kier molecular flexibility index (Phi) is 4.14. The first-order valence-corrected chi connectivity index (χ1v) is 10.3. The first kappa shape index (κ1) is 20.9. The summed E-state index contributed by atoms with van der Waals surface area (Å²) in [6, 6.07) is 5.61. The molecule has 33 heavy (non-hydrogen) atoms. The smallest absolute Gasteiger partial charge is 0.316 e. The quantitative estimate of drug-likeness (QED) is 0.286. The summed E-state index contributed by atoms with van der Waals surface area (Å²) in [5.74, 6) is 0.954. The molecule has 0 saturated carbocycles. The Hall–Kier alpha value is -5.39. The molecular formula is C23H20N3O5Rf2-. The molecule has 0 amide bonds. The maximum atomic E-state index is 13.4. The van der Waals surface area contributed by atoms with E-state index in [0.29, 0.717) is 46.9 Å². The van der Waals surface area contributed by atoms with Gasteiger partial charge >= 0.3 is 5.97 Å². The number of fused-ring (bicyclic) bond motifs is 6. The van der Waals surface area contributed by atoms with Gasteiger partial charge in [-0.3, -0.25) is 9.59 Å². The Morgan fingerprint density at radius 3 is 2.52 bits per heavy atom. The minimum Gasteiger partial charge on any atom is -0.674 e. The number of hydrogen-bond donors (Lipinski definition) is 0. The van der Waals surface area contributed by atoms with Crippen molar-refractivity contribution in [3.05, 3.63) is 56.5 Å². The molecule has 3 aliphatic rings. The molecule has 1 aromatic carbocycles. The number of cyclic esters (lactones) is 1. The molecule has 162 valence electrons. The number of nitrogens with one attached hydrogen (secondary N) is 1. The van der Waals surface area contributed by atoms with Gasteiger partial charge in [0, 0.05) is 17.0 Å². The van der Waals surface area contributed by atoms with E-state index >= 15 is 0 Å². The van der Waals surface area contributed by atoms with Crippen molar-refractivity contribution in [3.63, 3.8) is 0 Å². The molecule has 1 N–H and O–H groups in total. The molecule has 0 spiro atoms. The number of hydrogen-bond acceptors (Lipinski definition) is 6. The van der Waals surface area contributed by atoms with Crippen LogP contribution in [0.5, 0.6) is 11.5 Å². The van der Waals surface area contributed by atoms with E-state index in [1.54, 1.807) is 4.57 Å². The fourth-order valence-electron chi connectivity index (χ4n) is 4.92. The topological polar surface area (TPSA) is 103 Å². The number of nitrogens with zero attached hydrogens (tertiary/aromatic N) is 2. The largest absolute Gasteiger partial charge is 0.674 e. The first-order chi connectivity index (χ1) is 15.0. The van der Waals surface area contributed by atoms with E-state index in [0.717, 1.165) is 22.1 Å². The molecule has 2 aromatic heterocycles. The van der Waals surface area contributed by atoms with Gasteiger partial charge in [0.25, 0.3) is 5.56 Å². The summed E-state index contributed by atoms with van der Waals surface area (Å²) in [5, 5.41) is 0.834. The monoisotopic (exact) mass is 952 g/mol. The van der Waals surface area contributed by atoms with Crippen molar-refractivity contribution in [2.45, 2.75) is 45.4 Å². The zero-order valence-electron chi connectivity index (χ0n) is 18.6. The van der Waals surface area contributed by atoms with Crippen LogP contribution >= 0.6 is 0 Å². The second-order valence-corrected chi connectivity index (χ2v) is 8.39. The van der Waals surface area contributed by atoms with Gasteiger partial charge in [0.1, 0.15) is 6.61 Å². The molecule has 8 nitrogen and oxygen atoms in total. The van der Waals surface area contributed by atoms with E-state index in [-0.39, 0.29) is 31.5 Å². The van der Waals surface area contributed by atoms with Gasteiger partial charge in [-0.15, -0.1) is 6.54 Å². The summed E-state index contributed by atoms with van der Waals surface area (Å²) < 4.78 is 18.0. The van der Waals surface area contributed by atoms with Crippen LogP contribution < -0.4 is 15.0 Å². The Morgan fingerprint density at radius 1 is 1.09 bits per heavy atom. The summed E-state index contributed by atoms with van der Waals surface area (Å²) in [4.78, 5) is 30.8.